The molecule has 0 aliphatic carbocycles. The number of rotatable bonds is 18. The van der Waals surface area contributed by atoms with E-state index in [1.165, 1.54) is 70.6 Å². The van der Waals surface area contributed by atoms with Crippen LogP contribution >= 0.6 is 7.82 Å². The van der Waals surface area contributed by atoms with Crippen molar-refractivity contribution in [3.8, 4) is 0 Å². The van der Waals surface area contributed by atoms with Gasteiger partial charge in [-0.2, -0.15) is 0 Å². The number of hydrogen-bond acceptors (Lipinski definition) is 4. The smallest absolute Gasteiger partial charge is 0.303 e. The van der Waals surface area contributed by atoms with E-state index in [4.69, 9.17) is 9.05 Å². The predicted molar refractivity (Wildman–Crippen MR) is 118 cm³/mol. The molecule has 1 aliphatic rings. The molecule has 1 unspecified atom stereocenters. The number of nitrogens with zero attached hydrogens (tertiary/aromatic N) is 1. The molecule has 1 saturated heterocycles. The normalized spacial score (nSPS) is 18.4. The third kappa shape index (κ3) is 14.1. The summed E-state index contributed by atoms with van der Waals surface area (Å²) in [5.74, 6) is 0. The van der Waals surface area contributed by atoms with Crippen LogP contribution in [-0.4, -0.2) is 42.1 Å². The van der Waals surface area contributed by atoms with Gasteiger partial charge >= 0.3 is 7.82 Å². The Hall–Kier alpha value is 0.0700. The molecule has 28 heavy (non-hydrogen) atoms. The highest BCUT2D eigenvalue weighted by Crippen LogP contribution is 2.46. The molecule has 6 heteroatoms. The van der Waals surface area contributed by atoms with Crippen LogP contribution in [0, 0.1) is 0 Å². The van der Waals surface area contributed by atoms with Gasteiger partial charge in [-0.3, -0.25) is 9.05 Å². The summed E-state index contributed by atoms with van der Waals surface area (Å²) in [7, 11) is -3.90. The lowest BCUT2D eigenvalue weighted by molar-refractivity contribution is 0.0569. The Morgan fingerprint density at radius 3 is 1.89 bits per heavy atom. The summed E-state index contributed by atoms with van der Waals surface area (Å²) in [5, 5.41) is 0. The Morgan fingerprint density at radius 1 is 0.821 bits per heavy atom. The molecule has 0 amide bonds. The molecule has 0 spiro atoms. The van der Waals surface area contributed by atoms with Crippen LogP contribution in [0.5, 0.6) is 0 Å². The first kappa shape index (κ1) is 26.1. The van der Waals surface area contributed by atoms with E-state index >= 15 is 0 Å². The summed E-state index contributed by atoms with van der Waals surface area (Å²) >= 11 is 0. The van der Waals surface area contributed by atoms with Gasteiger partial charge in [0.1, 0.15) is 0 Å². The van der Waals surface area contributed by atoms with Gasteiger partial charge < -0.3 is 9.79 Å². The number of piperidine rings is 1. The van der Waals surface area contributed by atoms with Crippen molar-refractivity contribution in [1.82, 2.24) is 4.90 Å². The van der Waals surface area contributed by atoms with Gasteiger partial charge in [0.05, 0.1) is 12.7 Å². The Morgan fingerprint density at radius 2 is 1.32 bits per heavy atom. The summed E-state index contributed by atoms with van der Waals surface area (Å²) < 4.78 is 22.7. The number of phosphoric acid groups is 1. The molecule has 0 aromatic heterocycles. The van der Waals surface area contributed by atoms with E-state index in [0.29, 0.717) is 6.61 Å². The molecule has 1 aliphatic heterocycles. The van der Waals surface area contributed by atoms with Gasteiger partial charge in [-0.05, 0) is 32.2 Å². The van der Waals surface area contributed by atoms with Gasteiger partial charge in [-0.25, -0.2) is 4.57 Å². The quantitative estimate of drug-likeness (QED) is 0.198. The minimum absolute atomic E-state index is 0.148. The van der Waals surface area contributed by atoms with Gasteiger partial charge in [0.2, 0.25) is 0 Å². The minimum atomic E-state index is -3.90. The van der Waals surface area contributed by atoms with Crippen molar-refractivity contribution in [2.24, 2.45) is 0 Å². The average molecular weight is 420 g/mol. The minimum Gasteiger partial charge on any atom is -0.303 e. The van der Waals surface area contributed by atoms with Crippen molar-refractivity contribution in [2.75, 3.05) is 26.2 Å². The Kier molecular flexibility index (Phi) is 15.7. The molecule has 5 nitrogen and oxygen atoms in total. The average Bonchev–Trinajstić information content (AvgIpc) is 2.67. The molecule has 168 valence electrons. The fraction of sp³-hybridized carbons (Fsp3) is 1.00. The first-order chi connectivity index (χ1) is 13.6. The number of hydrogen-bond donors (Lipinski definition) is 1. The lowest BCUT2D eigenvalue weighted by Gasteiger charge is -2.32. The standard InChI is InChI=1S/C22H46NO4P/c1-3-5-7-9-11-13-15-21-26-28(24,25)27-22-16-19-23(20-17-22)18-14-12-10-8-6-4-2/h22H,3-21H2,1-2H3,(H,24,25). The molecule has 0 aromatic carbocycles. The van der Waals surface area contributed by atoms with E-state index < -0.39 is 7.82 Å². The Labute approximate surface area is 174 Å². The summed E-state index contributed by atoms with van der Waals surface area (Å²) in [6.07, 6.45) is 17.6. The van der Waals surface area contributed by atoms with Crippen molar-refractivity contribution >= 4 is 7.82 Å². The second kappa shape index (κ2) is 16.8. The maximum absolute atomic E-state index is 12.1. The zero-order chi connectivity index (χ0) is 20.5. The van der Waals surface area contributed by atoms with Crippen molar-refractivity contribution < 1.29 is 18.5 Å². The SMILES string of the molecule is CCCCCCCCCOP(=O)(O)OC1CCN(CCCCCCCC)CC1. The van der Waals surface area contributed by atoms with Crippen LogP contribution < -0.4 is 0 Å². The van der Waals surface area contributed by atoms with Gasteiger partial charge in [-0.15, -0.1) is 0 Å². The molecular weight excluding hydrogens is 373 g/mol. The Bertz CT molecular complexity index is 400. The van der Waals surface area contributed by atoms with E-state index in [0.717, 1.165) is 45.3 Å². The van der Waals surface area contributed by atoms with E-state index in [9.17, 15) is 9.46 Å². The van der Waals surface area contributed by atoms with Gasteiger partial charge in [0.15, 0.2) is 0 Å². The molecule has 0 saturated carbocycles. The molecule has 1 rings (SSSR count). The van der Waals surface area contributed by atoms with Crippen LogP contribution in [0.2, 0.25) is 0 Å². The predicted octanol–water partition coefficient (Wildman–Crippen LogP) is 6.70. The van der Waals surface area contributed by atoms with Crippen molar-refractivity contribution in [3.05, 3.63) is 0 Å². The topological polar surface area (TPSA) is 59.0 Å². The summed E-state index contributed by atoms with van der Waals surface area (Å²) in [6.45, 7) is 7.84. The fourth-order valence-corrected chi connectivity index (χ4v) is 4.82. The first-order valence-electron chi connectivity index (χ1n) is 12.0. The second-order valence-electron chi connectivity index (χ2n) is 8.34. The zero-order valence-electron chi connectivity index (χ0n) is 18.6. The van der Waals surface area contributed by atoms with E-state index in [1.54, 1.807) is 0 Å². The molecular formula is C22H46NO4P. The maximum atomic E-state index is 12.1. The van der Waals surface area contributed by atoms with Gasteiger partial charge in [0.25, 0.3) is 0 Å². The monoisotopic (exact) mass is 419 g/mol. The lowest BCUT2D eigenvalue weighted by atomic mass is 10.1. The van der Waals surface area contributed by atoms with Crippen LogP contribution in [-0.2, 0) is 13.6 Å². The largest absolute Gasteiger partial charge is 0.472 e. The van der Waals surface area contributed by atoms with Crippen LogP contribution in [0.15, 0.2) is 0 Å². The highest BCUT2D eigenvalue weighted by Gasteiger charge is 2.29. The second-order valence-corrected chi connectivity index (χ2v) is 9.74. The van der Waals surface area contributed by atoms with Crippen molar-refractivity contribution in [1.29, 1.82) is 0 Å². The molecule has 0 radical (unpaired) electrons. The number of likely N-dealkylation sites (tertiary alicyclic amines) is 1. The van der Waals surface area contributed by atoms with Gasteiger partial charge in [-0.1, -0.05) is 84.5 Å². The maximum Gasteiger partial charge on any atom is 0.472 e. The number of phosphoric ester groups is 1. The van der Waals surface area contributed by atoms with E-state index in [1.807, 2.05) is 0 Å². The fourth-order valence-electron chi connectivity index (χ4n) is 3.81. The molecule has 1 heterocycles. The molecule has 0 bridgehead atoms. The summed E-state index contributed by atoms with van der Waals surface area (Å²) in [5.41, 5.74) is 0. The van der Waals surface area contributed by atoms with Crippen LogP contribution in [0.25, 0.3) is 0 Å². The third-order valence-electron chi connectivity index (χ3n) is 5.65. The third-order valence-corrected chi connectivity index (χ3v) is 6.72. The van der Waals surface area contributed by atoms with E-state index in [-0.39, 0.29) is 6.10 Å². The van der Waals surface area contributed by atoms with Crippen molar-refractivity contribution in [2.45, 2.75) is 116 Å². The molecule has 1 N–H and O–H groups in total. The van der Waals surface area contributed by atoms with Crippen LogP contribution in [0.3, 0.4) is 0 Å². The lowest BCUT2D eigenvalue weighted by Crippen LogP contribution is -2.37. The van der Waals surface area contributed by atoms with E-state index in [2.05, 4.69) is 18.7 Å². The van der Waals surface area contributed by atoms with Crippen molar-refractivity contribution in [3.63, 3.8) is 0 Å². The Balaban J connectivity index is 2.03. The van der Waals surface area contributed by atoms with Crippen LogP contribution in [0.4, 0.5) is 0 Å². The van der Waals surface area contributed by atoms with Gasteiger partial charge in [0, 0.05) is 13.1 Å². The highest BCUT2D eigenvalue weighted by atomic mass is 31.2. The molecule has 0 aromatic rings. The summed E-state index contributed by atoms with van der Waals surface area (Å²) in [6, 6.07) is 0. The molecule has 1 atom stereocenters. The summed E-state index contributed by atoms with van der Waals surface area (Å²) in [4.78, 5) is 12.4. The zero-order valence-corrected chi connectivity index (χ0v) is 19.5. The molecule has 1 fully saturated rings. The number of unbranched alkanes of at least 4 members (excludes halogenated alkanes) is 11. The first-order valence-corrected chi connectivity index (χ1v) is 13.4. The van der Waals surface area contributed by atoms with Crippen LogP contribution in [0.1, 0.15) is 110 Å². The highest BCUT2D eigenvalue weighted by molar-refractivity contribution is 7.47.